The maximum atomic E-state index is 12.8. The predicted octanol–water partition coefficient (Wildman–Crippen LogP) is 6.44. The molecule has 0 fully saturated rings. The molecule has 0 saturated heterocycles. The van der Waals surface area contributed by atoms with Gasteiger partial charge in [-0.15, -0.1) is 0 Å². The van der Waals surface area contributed by atoms with Crippen LogP contribution in [0.3, 0.4) is 0 Å². The van der Waals surface area contributed by atoms with E-state index in [1.54, 1.807) is 0 Å². The number of benzene rings is 4. The molecule has 0 aliphatic rings. The highest BCUT2D eigenvalue weighted by molar-refractivity contribution is 5.78. The van der Waals surface area contributed by atoms with Crippen LogP contribution in [0.25, 0.3) is 0 Å². The first-order chi connectivity index (χ1) is 18.7. The topological polar surface area (TPSA) is 58.2 Å². The van der Waals surface area contributed by atoms with Gasteiger partial charge in [-0.25, -0.2) is 0 Å². The maximum absolute atomic E-state index is 12.8. The quantitative estimate of drug-likeness (QED) is 0.206. The van der Waals surface area contributed by atoms with Crippen LogP contribution >= 0.6 is 0 Å². The Kier molecular flexibility index (Phi) is 10.3. The number of hydrogen-bond acceptors (Lipinski definition) is 2. The molecule has 0 atom stereocenters. The summed E-state index contributed by atoms with van der Waals surface area (Å²) in [7, 11) is 0. The summed E-state index contributed by atoms with van der Waals surface area (Å²) < 4.78 is 0. The van der Waals surface area contributed by atoms with Crippen LogP contribution in [0.15, 0.2) is 121 Å². The van der Waals surface area contributed by atoms with Crippen molar-refractivity contribution in [1.29, 1.82) is 0 Å². The van der Waals surface area contributed by atoms with Crippen LogP contribution in [0.1, 0.15) is 59.8 Å². The number of rotatable bonds is 13. The first-order valence-electron chi connectivity index (χ1n) is 13.4. The average Bonchev–Trinajstić information content (AvgIpc) is 2.98. The molecule has 0 aliphatic heterocycles. The Labute approximate surface area is 226 Å². The van der Waals surface area contributed by atoms with Crippen LogP contribution in [0, 0.1) is 0 Å². The van der Waals surface area contributed by atoms with Crippen LogP contribution in [0.4, 0.5) is 0 Å². The van der Waals surface area contributed by atoms with Gasteiger partial charge in [-0.1, -0.05) is 121 Å². The highest BCUT2D eigenvalue weighted by atomic mass is 16.2. The van der Waals surface area contributed by atoms with E-state index in [4.69, 9.17) is 0 Å². The monoisotopic (exact) mass is 504 g/mol. The van der Waals surface area contributed by atoms with Crippen molar-refractivity contribution in [2.75, 3.05) is 13.1 Å². The van der Waals surface area contributed by atoms with Crippen LogP contribution in [-0.4, -0.2) is 24.9 Å². The van der Waals surface area contributed by atoms with Crippen molar-refractivity contribution in [2.45, 2.75) is 37.5 Å². The van der Waals surface area contributed by atoms with Crippen molar-refractivity contribution in [3.63, 3.8) is 0 Å². The fourth-order valence-corrected chi connectivity index (χ4v) is 4.82. The lowest BCUT2D eigenvalue weighted by Crippen LogP contribution is -2.29. The third-order valence-electron chi connectivity index (χ3n) is 6.83. The first kappa shape index (κ1) is 26.9. The molecule has 2 amide bonds. The lowest BCUT2D eigenvalue weighted by atomic mass is 9.88. The van der Waals surface area contributed by atoms with Crippen molar-refractivity contribution >= 4 is 11.8 Å². The van der Waals surface area contributed by atoms with Crippen LogP contribution < -0.4 is 10.6 Å². The van der Waals surface area contributed by atoms with E-state index in [9.17, 15) is 9.59 Å². The summed E-state index contributed by atoms with van der Waals surface area (Å²) in [6.45, 7) is 1.20. The third-order valence-corrected chi connectivity index (χ3v) is 6.83. The summed E-state index contributed by atoms with van der Waals surface area (Å²) >= 11 is 0. The smallest absolute Gasteiger partial charge is 0.220 e. The SMILES string of the molecule is O=C(CC(c1ccccc1)c1ccccc1)NCCCCNC(=O)CC(c1ccccc1)c1ccccc1. The minimum atomic E-state index is 0.0267. The second kappa shape index (κ2) is 14.5. The predicted molar refractivity (Wildman–Crippen MR) is 154 cm³/mol. The zero-order chi connectivity index (χ0) is 26.4. The van der Waals surface area contributed by atoms with E-state index in [-0.39, 0.29) is 23.7 Å². The average molecular weight is 505 g/mol. The Balaban J connectivity index is 1.20. The van der Waals surface area contributed by atoms with E-state index < -0.39 is 0 Å². The van der Waals surface area contributed by atoms with Crippen LogP contribution in [0.2, 0.25) is 0 Å². The molecular formula is C34H36N2O2. The molecular weight excluding hydrogens is 468 g/mol. The van der Waals surface area contributed by atoms with E-state index in [1.165, 1.54) is 0 Å². The number of carbonyl (C=O) groups excluding carboxylic acids is 2. The highest BCUT2D eigenvalue weighted by Crippen LogP contribution is 2.28. The number of amides is 2. The molecule has 4 heteroatoms. The second-order valence-electron chi connectivity index (χ2n) is 9.56. The van der Waals surface area contributed by atoms with E-state index in [2.05, 4.69) is 59.2 Å². The molecule has 4 aromatic rings. The molecule has 0 heterocycles. The third kappa shape index (κ3) is 8.17. The molecule has 0 saturated carbocycles. The zero-order valence-electron chi connectivity index (χ0n) is 21.8. The number of hydrogen-bond donors (Lipinski definition) is 2. The van der Waals surface area contributed by atoms with Gasteiger partial charge in [-0.05, 0) is 35.1 Å². The Bertz CT molecular complexity index is 1060. The van der Waals surface area contributed by atoms with Gasteiger partial charge in [0.2, 0.25) is 11.8 Å². The molecule has 0 radical (unpaired) electrons. The van der Waals surface area contributed by atoms with Gasteiger partial charge in [0.05, 0.1) is 0 Å². The standard InChI is InChI=1S/C34H36N2O2/c37-33(25-31(27-15-5-1-6-16-27)28-17-7-2-8-18-28)35-23-13-14-24-36-34(38)26-32(29-19-9-3-10-20-29)30-21-11-4-12-22-30/h1-12,15-22,31-32H,13-14,23-26H2,(H,35,37)(H,36,38). The molecule has 0 aliphatic carbocycles. The Morgan fingerprint density at radius 3 is 0.974 bits per heavy atom. The van der Waals surface area contributed by atoms with Crippen LogP contribution in [0.5, 0.6) is 0 Å². The molecule has 4 aromatic carbocycles. The zero-order valence-corrected chi connectivity index (χ0v) is 21.8. The van der Waals surface area contributed by atoms with Gasteiger partial charge in [0.25, 0.3) is 0 Å². The van der Waals surface area contributed by atoms with Gasteiger partial charge in [0.1, 0.15) is 0 Å². The van der Waals surface area contributed by atoms with Gasteiger partial charge in [0.15, 0.2) is 0 Å². The first-order valence-corrected chi connectivity index (χ1v) is 13.4. The lowest BCUT2D eigenvalue weighted by Gasteiger charge is -2.18. The molecule has 38 heavy (non-hydrogen) atoms. The molecule has 0 spiro atoms. The minimum Gasteiger partial charge on any atom is -0.356 e. The molecule has 0 aromatic heterocycles. The highest BCUT2D eigenvalue weighted by Gasteiger charge is 2.19. The van der Waals surface area contributed by atoms with E-state index >= 15 is 0 Å². The van der Waals surface area contributed by atoms with Crippen molar-refractivity contribution in [1.82, 2.24) is 10.6 Å². The molecule has 2 N–H and O–H groups in total. The molecule has 0 unspecified atom stereocenters. The van der Waals surface area contributed by atoms with Gasteiger partial charge in [0, 0.05) is 37.8 Å². The Morgan fingerprint density at radius 2 is 0.711 bits per heavy atom. The number of nitrogens with one attached hydrogen (secondary N) is 2. The summed E-state index contributed by atoms with van der Waals surface area (Å²) in [5, 5.41) is 6.13. The van der Waals surface area contributed by atoms with Crippen molar-refractivity contribution in [2.24, 2.45) is 0 Å². The van der Waals surface area contributed by atoms with Crippen LogP contribution in [-0.2, 0) is 9.59 Å². The number of unbranched alkanes of at least 4 members (excludes halogenated alkanes) is 1. The van der Waals surface area contributed by atoms with Gasteiger partial charge >= 0.3 is 0 Å². The van der Waals surface area contributed by atoms with Gasteiger partial charge in [-0.3, -0.25) is 9.59 Å². The fourth-order valence-electron chi connectivity index (χ4n) is 4.82. The van der Waals surface area contributed by atoms with E-state index in [1.807, 2.05) is 72.8 Å². The largest absolute Gasteiger partial charge is 0.356 e. The lowest BCUT2D eigenvalue weighted by molar-refractivity contribution is -0.122. The Morgan fingerprint density at radius 1 is 0.447 bits per heavy atom. The fraction of sp³-hybridized carbons (Fsp3) is 0.235. The minimum absolute atomic E-state index is 0.0267. The summed E-state index contributed by atoms with van der Waals surface area (Å²) in [6, 6.07) is 40.7. The summed E-state index contributed by atoms with van der Waals surface area (Å²) in [5.41, 5.74) is 4.56. The van der Waals surface area contributed by atoms with E-state index in [0.29, 0.717) is 25.9 Å². The normalized spacial score (nSPS) is 10.9. The molecule has 194 valence electrons. The summed E-state index contributed by atoms with van der Waals surface area (Å²) in [5.74, 6) is 0.137. The van der Waals surface area contributed by atoms with Gasteiger partial charge in [-0.2, -0.15) is 0 Å². The summed E-state index contributed by atoms with van der Waals surface area (Å²) in [4.78, 5) is 25.5. The van der Waals surface area contributed by atoms with Crippen molar-refractivity contribution in [3.8, 4) is 0 Å². The van der Waals surface area contributed by atoms with Gasteiger partial charge < -0.3 is 10.6 Å². The van der Waals surface area contributed by atoms with Crippen molar-refractivity contribution in [3.05, 3.63) is 144 Å². The maximum Gasteiger partial charge on any atom is 0.220 e. The molecule has 0 bridgehead atoms. The number of carbonyl (C=O) groups is 2. The second-order valence-corrected chi connectivity index (χ2v) is 9.56. The molecule has 4 nitrogen and oxygen atoms in total. The molecule has 4 rings (SSSR count). The summed E-state index contributed by atoms with van der Waals surface area (Å²) in [6.07, 6.45) is 2.44. The van der Waals surface area contributed by atoms with E-state index in [0.717, 1.165) is 35.1 Å². The Hall–Kier alpha value is -4.18. The van der Waals surface area contributed by atoms with Crippen molar-refractivity contribution < 1.29 is 9.59 Å².